The van der Waals surface area contributed by atoms with E-state index < -0.39 is 5.69 Å². The summed E-state index contributed by atoms with van der Waals surface area (Å²) in [5, 5.41) is 2.54. The van der Waals surface area contributed by atoms with Crippen molar-refractivity contribution in [2.24, 2.45) is 0 Å². The Morgan fingerprint density at radius 3 is 2.61 bits per heavy atom. The van der Waals surface area contributed by atoms with Gasteiger partial charge in [0.25, 0.3) is 0 Å². The van der Waals surface area contributed by atoms with Gasteiger partial charge < -0.3 is 0 Å². The fourth-order valence-corrected chi connectivity index (χ4v) is 2.49. The Bertz CT molecular complexity index is 678. The molecule has 92 valence electrons. The smallest absolute Gasteiger partial charge is 0.257 e. The summed E-state index contributed by atoms with van der Waals surface area (Å²) >= 11 is 0. The molecule has 5 nitrogen and oxygen atoms in total. The zero-order valence-corrected chi connectivity index (χ0v) is 9.67. The Kier molecular flexibility index (Phi) is 2.51. The minimum absolute atomic E-state index is 0.0566. The average molecular weight is 243 g/mol. The molecule has 0 amide bonds. The first-order valence-electron chi connectivity index (χ1n) is 5.88. The highest BCUT2D eigenvalue weighted by molar-refractivity contribution is 5.28. The summed E-state index contributed by atoms with van der Waals surface area (Å²) in [7, 11) is 0. The quantitative estimate of drug-likeness (QED) is 0.777. The van der Waals surface area contributed by atoms with Crippen LogP contribution in [0.4, 0.5) is 0 Å². The summed E-state index contributed by atoms with van der Waals surface area (Å²) in [6.45, 7) is 0. The maximum atomic E-state index is 11.7. The molecule has 0 spiro atoms. The molecule has 0 unspecified atom stereocenters. The van der Waals surface area contributed by atoms with Gasteiger partial charge in [0.05, 0.1) is 6.04 Å². The molecule has 18 heavy (non-hydrogen) atoms. The van der Waals surface area contributed by atoms with Crippen LogP contribution in [0.3, 0.4) is 0 Å². The molecule has 0 saturated heterocycles. The first-order chi connectivity index (χ1) is 8.75. The van der Waals surface area contributed by atoms with Crippen LogP contribution >= 0.6 is 0 Å². The van der Waals surface area contributed by atoms with Crippen LogP contribution in [0.2, 0.25) is 0 Å². The number of hydrogen-bond acceptors (Lipinski definition) is 2. The van der Waals surface area contributed by atoms with Gasteiger partial charge in [-0.3, -0.25) is 4.98 Å². The number of aromatic nitrogens is 3. The highest BCUT2D eigenvalue weighted by Crippen LogP contribution is 2.36. The lowest BCUT2D eigenvalue weighted by molar-refractivity contribution is 0.425. The van der Waals surface area contributed by atoms with E-state index in [0.717, 1.165) is 12.0 Å². The number of aromatic amines is 2. The van der Waals surface area contributed by atoms with E-state index in [9.17, 15) is 9.59 Å². The molecular weight excluding hydrogens is 230 g/mol. The predicted octanol–water partition coefficient (Wildman–Crippen LogP) is 1.15. The van der Waals surface area contributed by atoms with Gasteiger partial charge in [0.1, 0.15) is 0 Å². The van der Waals surface area contributed by atoms with Crippen molar-refractivity contribution in [2.75, 3.05) is 0 Å². The van der Waals surface area contributed by atoms with E-state index in [1.54, 1.807) is 0 Å². The minimum Gasteiger partial charge on any atom is -0.257 e. The Balaban J connectivity index is 2.01. The fourth-order valence-electron chi connectivity index (χ4n) is 2.49. The molecule has 2 aromatic rings. The van der Waals surface area contributed by atoms with E-state index in [4.69, 9.17) is 0 Å². The second kappa shape index (κ2) is 4.18. The molecule has 1 aliphatic carbocycles. The average Bonchev–Trinajstić information content (AvgIpc) is 2.96. The van der Waals surface area contributed by atoms with Gasteiger partial charge >= 0.3 is 11.4 Å². The fraction of sp³-hybridized carbons (Fsp3) is 0.231. The molecular formula is C13H13N3O2. The third-order valence-corrected chi connectivity index (χ3v) is 3.31. The number of allylic oxidation sites excluding steroid dienone is 2. The van der Waals surface area contributed by atoms with Gasteiger partial charge in [-0.15, -0.1) is 0 Å². The number of hydrogen-bond donors (Lipinski definition) is 2. The van der Waals surface area contributed by atoms with Crippen LogP contribution in [-0.4, -0.2) is 14.8 Å². The molecule has 0 aliphatic heterocycles. The molecule has 5 heteroatoms. The van der Waals surface area contributed by atoms with Crippen molar-refractivity contribution >= 4 is 0 Å². The number of benzene rings is 1. The summed E-state index contributed by atoms with van der Waals surface area (Å²) in [6, 6.07) is 9.91. The molecule has 2 N–H and O–H groups in total. The monoisotopic (exact) mass is 243 g/mol. The molecule has 0 saturated carbocycles. The van der Waals surface area contributed by atoms with Gasteiger partial charge in [-0.05, 0) is 12.0 Å². The van der Waals surface area contributed by atoms with Crippen LogP contribution in [0.5, 0.6) is 0 Å². The first-order valence-corrected chi connectivity index (χ1v) is 5.88. The van der Waals surface area contributed by atoms with E-state index >= 15 is 0 Å². The third-order valence-electron chi connectivity index (χ3n) is 3.31. The number of H-pyrrole nitrogens is 2. The maximum absolute atomic E-state index is 11.7. The van der Waals surface area contributed by atoms with Gasteiger partial charge in [0.2, 0.25) is 0 Å². The van der Waals surface area contributed by atoms with Gasteiger partial charge in [-0.25, -0.2) is 19.4 Å². The van der Waals surface area contributed by atoms with Crippen molar-refractivity contribution in [1.29, 1.82) is 0 Å². The Hall–Kier alpha value is -2.30. The SMILES string of the molecule is O=c1[nH]c(=O)n([C@H]2CC=C[C@@H]2c2ccccc2)[nH]1. The normalized spacial score (nSPS) is 22.4. The summed E-state index contributed by atoms with van der Waals surface area (Å²) in [5.74, 6) is 0.121. The molecule has 2 atom stereocenters. The highest BCUT2D eigenvalue weighted by atomic mass is 16.2. The van der Waals surface area contributed by atoms with E-state index in [0.29, 0.717) is 0 Å². The van der Waals surface area contributed by atoms with E-state index in [-0.39, 0.29) is 17.6 Å². The van der Waals surface area contributed by atoms with E-state index in [1.807, 2.05) is 36.4 Å². The number of rotatable bonds is 2. The minimum atomic E-state index is -0.460. The molecule has 0 fully saturated rings. The summed E-state index contributed by atoms with van der Waals surface area (Å²) < 4.78 is 1.39. The predicted molar refractivity (Wildman–Crippen MR) is 67.7 cm³/mol. The zero-order valence-electron chi connectivity index (χ0n) is 9.67. The second-order valence-corrected chi connectivity index (χ2v) is 4.41. The zero-order chi connectivity index (χ0) is 12.5. The van der Waals surface area contributed by atoms with Crippen LogP contribution in [-0.2, 0) is 0 Å². The lowest BCUT2D eigenvalue weighted by atomic mass is 9.95. The van der Waals surface area contributed by atoms with Gasteiger partial charge in [0, 0.05) is 5.92 Å². The van der Waals surface area contributed by atoms with Crippen LogP contribution in [0.1, 0.15) is 23.9 Å². The van der Waals surface area contributed by atoms with Gasteiger partial charge in [-0.1, -0.05) is 42.5 Å². The third kappa shape index (κ3) is 1.73. The van der Waals surface area contributed by atoms with E-state index in [1.165, 1.54) is 4.68 Å². The van der Waals surface area contributed by atoms with Crippen molar-refractivity contribution in [3.63, 3.8) is 0 Å². The van der Waals surface area contributed by atoms with Crippen LogP contribution in [0.15, 0.2) is 52.1 Å². The largest absolute Gasteiger partial charge is 0.344 e. The Labute approximate surface area is 103 Å². The van der Waals surface area contributed by atoms with Crippen LogP contribution < -0.4 is 11.4 Å². The first kappa shape index (κ1) is 10.8. The summed E-state index contributed by atoms with van der Waals surface area (Å²) in [5.41, 5.74) is 0.304. The standard InChI is InChI=1S/C13H13N3O2/c17-12-14-13(18)16(15-12)11-8-4-7-10(11)9-5-2-1-3-6-9/h1-7,10-11H,8H2,(H2,14,15,17,18)/t10-,11+/m1/s1. The Morgan fingerprint density at radius 2 is 1.94 bits per heavy atom. The number of nitrogens with zero attached hydrogens (tertiary/aromatic N) is 1. The number of nitrogens with one attached hydrogen (secondary N) is 2. The Morgan fingerprint density at radius 1 is 1.17 bits per heavy atom. The van der Waals surface area contributed by atoms with Gasteiger partial charge in [0.15, 0.2) is 0 Å². The second-order valence-electron chi connectivity index (χ2n) is 4.41. The van der Waals surface area contributed by atoms with Crippen molar-refractivity contribution in [3.05, 3.63) is 69.0 Å². The van der Waals surface area contributed by atoms with Gasteiger partial charge in [-0.2, -0.15) is 0 Å². The van der Waals surface area contributed by atoms with Crippen LogP contribution in [0, 0.1) is 0 Å². The van der Waals surface area contributed by atoms with E-state index in [2.05, 4.69) is 16.2 Å². The maximum Gasteiger partial charge on any atom is 0.344 e. The topological polar surface area (TPSA) is 70.7 Å². The lowest BCUT2D eigenvalue weighted by Gasteiger charge is -2.19. The molecule has 0 radical (unpaired) electrons. The van der Waals surface area contributed by atoms with Crippen molar-refractivity contribution in [2.45, 2.75) is 18.4 Å². The van der Waals surface area contributed by atoms with Crippen molar-refractivity contribution < 1.29 is 0 Å². The molecule has 0 bridgehead atoms. The van der Waals surface area contributed by atoms with Crippen molar-refractivity contribution in [1.82, 2.24) is 14.8 Å². The summed E-state index contributed by atoms with van der Waals surface area (Å²) in [6.07, 6.45) is 4.87. The van der Waals surface area contributed by atoms with Crippen LogP contribution in [0.25, 0.3) is 0 Å². The summed E-state index contributed by atoms with van der Waals surface area (Å²) in [4.78, 5) is 25.0. The molecule has 1 aromatic heterocycles. The van der Waals surface area contributed by atoms with Crippen molar-refractivity contribution in [3.8, 4) is 0 Å². The molecule has 1 aliphatic rings. The molecule has 3 rings (SSSR count). The molecule has 1 heterocycles. The lowest BCUT2D eigenvalue weighted by Crippen LogP contribution is -2.25. The molecule has 1 aromatic carbocycles. The highest BCUT2D eigenvalue weighted by Gasteiger charge is 2.27.